The van der Waals surface area contributed by atoms with Gasteiger partial charge in [0.2, 0.25) is 5.12 Å². The molecule has 5 heteroatoms. The first-order valence-corrected chi connectivity index (χ1v) is 4.18. The second kappa shape index (κ2) is 3.65. The Morgan fingerprint density at radius 3 is 2.29 bits per heavy atom. The zero-order chi connectivity index (χ0) is 10.9. The van der Waals surface area contributed by atoms with Crippen molar-refractivity contribution in [2.45, 2.75) is 13.1 Å². The van der Waals surface area contributed by atoms with Crippen LogP contribution in [0, 0.1) is 6.92 Å². The number of rotatable bonds is 1. The molecule has 0 fully saturated rings. The minimum Gasteiger partial charge on any atom is -0.282 e. The van der Waals surface area contributed by atoms with Crippen LogP contribution < -0.4 is 0 Å². The molecule has 1 aromatic carbocycles. The third-order valence-electron chi connectivity index (χ3n) is 1.78. The van der Waals surface area contributed by atoms with Crippen LogP contribution in [-0.2, 0) is 6.18 Å². The number of alkyl halides is 3. The van der Waals surface area contributed by atoms with Crippen LogP contribution >= 0.6 is 12.6 Å². The summed E-state index contributed by atoms with van der Waals surface area (Å²) in [5.41, 5.74) is -0.283. The number of carbonyl (C=O) groups excluding carboxylic acids is 1. The van der Waals surface area contributed by atoms with E-state index in [0.717, 1.165) is 18.2 Å². The van der Waals surface area contributed by atoms with Crippen molar-refractivity contribution in [1.82, 2.24) is 0 Å². The SMILES string of the molecule is Cc1cc(C(F)(F)F)ccc1C(=O)S. The van der Waals surface area contributed by atoms with Gasteiger partial charge in [0.15, 0.2) is 0 Å². The van der Waals surface area contributed by atoms with Crippen LogP contribution in [0.3, 0.4) is 0 Å². The summed E-state index contributed by atoms with van der Waals surface area (Å²) in [6, 6.07) is 2.94. The highest BCUT2D eigenvalue weighted by Crippen LogP contribution is 2.30. The van der Waals surface area contributed by atoms with E-state index in [9.17, 15) is 18.0 Å². The van der Waals surface area contributed by atoms with E-state index in [4.69, 9.17) is 0 Å². The van der Waals surface area contributed by atoms with Crippen molar-refractivity contribution in [3.05, 3.63) is 34.9 Å². The van der Waals surface area contributed by atoms with Crippen LogP contribution in [0.5, 0.6) is 0 Å². The van der Waals surface area contributed by atoms with Crippen molar-refractivity contribution in [3.63, 3.8) is 0 Å². The summed E-state index contributed by atoms with van der Waals surface area (Å²) in [6.07, 6.45) is -4.37. The largest absolute Gasteiger partial charge is 0.416 e. The van der Waals surface area contributed by atoms with Crippen molar-refractivity contribution in [3.8, 4) is 0 Å². The van der Waals surface area contributed by atoms with E-state index in [2.05, 4.69) is 12.6 Å². The molecule has 0 aliphatic heterocycles. The number of hydrogen-bond donors (Lipinski definition) is 1. The minimum absolute atomic E-state index is 0.196. The average molecular weight is 220 g/mol. The Hall–Kier alpha value is -0.970. The maximum absolute atomic E-state index is 12.2. The fraction of sp³-hybridized carbons (Fsp3) is 0.222. The topological polar surface area (TPSA) is 17.1 Å². The summed E-state index contributed by atoms with van der Waals surface area (Å²) in [5, 5.41) is -0.531. The molecule has 1 nitrogen and oxygen atoms in total. The highest BCUT2D eigenvalue weighted by atomic mass is 32.1. The molecule has 0 aliphatic carbocycles. The van der Waals surface area contributed by atoms with Crippen molar-refractivity contribution >= 4 is 17.7 Å². The fourth-order valence-corrected chi connectivity index (χ4v) is 1.33. The number of thiol groups is 1. The molecule has 0 spiro atoms. The highest BCUT2D eigenvalue weighted by Gasteiger charge is 2.30. The van der Waals surface area contributed by atoms with Crippen molar-refractivity contribution < 1.29 is 18.0 Å². The highest BCUT2D eigenvalue weighted by molar-refractivity contribution is 7.97. The summed E-state index contributed by atoms with van der Waals surface area (Å²) in [4.78, 5) is 10.8. The normalized spacial score (nSPS) is 11.5. The van der Waals surface area contributed by atoms with E-state index < -0.39 is 16.9 Å². The molecule has 1 rings (SSSR count). The Bertz CT molecular complexity index is 371. The van der Waals surface area contributed by atoms with E-state index >= 15 is 0 Å². The Morgan fingerprint density at radius 1 is 1.36 bits per heavy atom. The van der Waals surface area contributed by atoms with E-state index in [-0.39, 0.29) is 11.1 Å². The van der Waals surface area contributed by atoms with Crippen LogP contribution in [0.25, 0.3) is 0 Å². The molecule has 0 N–H and O–H groups in total. The van der Waals surface area contributed by atoms with Crippen molar-refractivity contribution in [2.24, 2.45) is 0 Å². The summed E-state index contributed by atoms with van der Waals surface area (Å²) < 4.78 is 36.6. The van der Waals surface area contributed by atoms with Crippen LogP contribution in [-0.4, -0.2) is 5.12 Å². The number of hydrogen-bond acceptors (Lipinski definition) is 1. The second-order valence-electron chi connectivity index (χ2n) is 2.83. The van der Waals surface area contributed by atoms with Gasteiger partial charge >= 0.3 is 6.18 Å². The lowest BCUT2D eigenvalue weighted by molar-refractivity contribution is -0.137. The monoisotopic (exact) mass is 220 g/mol. The molecule has 0 aromatic heterocycles. The van der Waals surface area contributed by atoms with Gasteiger partial charge in [-0.15, -0.1) is 12.6 Å². The number of benzene rings is 1. The molecule has 0 radical (unpaired) electrons. The van der Waals surface area contributed by atoms with Gasteiger partial charge in [0.05, 0.1) is 5.56 Å². The molecular formula is C9H7F3OS. The summed E-state index contributed by atoms with van der Waals surface area (Å²) in [6.45, 7) is 1.44. The number of halogens is 3. The summed E-state index contributed by atoms with van der Waals surface area (Å²) in [7, 11) is 0. The Kier molecular flexibility index (Phi) is 2.89. The van der Waals surface area contributed by atoms with Gasteiger partial charge in [-0.3, -0.25) is 4.79 Å². The lowest BCUT2D eigenvalue weighted by atomic mass is 10.1. The molecule has 0 saturated heterocycles. The van der Waals surface area contributed by atoms with Crippen LogP contribution in [0.4, 0.5) is 13.2 Å². The standard InChI is InChI=1S/C9H7F3OS/c1-5-4-6(9(10,11)12)2-3-7(5)8(13)14/h2-4H,1H3,(H,13,14). The van der Waals surface area contributed by atoms with Gasteiger partial charge in [0, 0.05) is 5.56 Å². The zero-order valence-corrected chi connectivity index (χ0v) is 8.12. The average Bonchev–Trinajstić information content (AvgIpc) is 2.01. The maximum Gasteiger partial charge on any atom is 0.416 e. The van der Waals surface area contributed by atoms with Crippen molar-refractivity contribution in [2.75, 3.05) is 0 Å². The molecule has 0 heterocycles. The summed E-state index contributed by atoms with van der Waals surface area (Å²) in [5.74, 6) is 0. The molecule has 0 unspecified atom stereocenters. The molecule has 76 valence electrons. The predicted octanol–water partition coefficient (Wildman–Crippen LogP) is 3.08. The van der Waals surface area contributed by atoms with Gasteiger partial charge in [0.25, 0.3) is 0 Å². The quantitative estimate of drug-likeness (QED) is 0.720. The van der Waals surface area contributed by atoms with Crippen LogP contribution in [0.15, 0.2) is 18.2 Å². The molecule has 14 heavy (non-hydrogen) atoms. The van der Waals surface area contributed by atoms with Crippen LogP contribution in [0.1, 0.15) is 21.5 Å². The van der Waals surface area contributed by atoms with Gasteiger partial charge in [-0.05, 0) is 30.7 Å². The predicted molar refractivity (Wildman–Crippen MR) is 49.5 cm³/mol. The zero-order valence-electron chi connectivity index (χ0n) is 7.22. The number of carbonyl (C=O) groups is 1. The molecule has 0 amide bonds. The van der Waals surface area contributed by atoms with Gasteiger partial charge in [-0.1, -0.05) is 0 Å². The first kappa shape index (κ1) is 11.1. The van der Waals surface area contributed by atoms with E-state index in [1.165, 1.54) is 6.92 Å². The Labute approximate surface area is 84.3 Å². The van der Waals surface area contributed by atoms with E-state index in [0.29, 0.717) is 0 Å². The third-order valence-corrected chi connectivity index (χ3v) is 2.03. The van der Waals surface area contributed by atoms with E-state index in [1.807, 2.05) is 0 Å². The maximum atomic E-state index is 12.2. The molecule has 0 saturated carbocycles. The second-order valence-corrected chi connectivity index (χ2v) is 3.24. The van der Waals surface area contributed by atoms with E-state index in [1.54, 1.807) is 0 Å². The molecule has 0 aliphatic rings. The Morgan fingerprint density at radius 2 is 1.93 bits per heavy atom. The lowest BCUT2D eigenvalue weighted by Gasteiger charge is -2.08. The van der Waals surface area contributed by atoms with Crippen LogP contribution in [0.2, 0.25) is 0 Å². The number of aryl methyl sites for hydroxylation is 1. The molecule has 1 aromatic rings. The van der Waals surface area contributed by atoms with Gasteiger partial charge in [0.1, 0.15) is 0 Å². The minimum atomic E-state index is -4.37. The first-order chi connectivity index (χ1) is 6.32. The smallest absolute Gasteiger partial charge is 0.282 e. The Balaban J connectivity index is 3.20. The van der Waals surface area contributed by atoms with Gasteiger partial charge < -0.3 is 0 Å². The molecular weight excluding hydrogens is 213 g/mol. The van der Waals surface area contributed by atoms with Gasteiger partial charge in [-0.2, -0.15) is 13.2 Å². The third kappa shape index (κ3) is 2.29. The summed E-state index contributed by atoms with van der Waals surface area (Å²) >= 11 is 3.54. The first-order valence-electron chi connectivity index (χ1n) is 3.73. The lowest BCUT2D eigenvalue weighted by Crippen LogP contribution is -2.06. The van der Waals surface area contributed by atoms with Gasteiger partial charge in [-0.25, -0.2) is 0 Å². The molecule has 0 atom stereocenters. The van der Waals surface area contributed by atoms with Crippen molar-refractivity contribution in [1.29, 1.82) is 0 Å². The fourth-order valence-electron chi connectivity index (χ4n) is 1.08. The molecule has 0 bridgehead atoms.